The fourth-order valence-electron chi connectivity index (χ4n) is 4.25. The number of hydrogen-bond donors (Lipinski definition) is 5. The van der Waals surface area contributed by atoms with Crippen LogP contribution in [0.15, 0.2) is 60.7 Å². The molecule has 52 heavy (non-hydrogen) atoms. The summed E-state index contributed by atoms with van der Waals surface area (Å²) in [6.07, 6.45) is 2.45. The molecular weight excluding hydrogens is 672 g/mol. The minimum Gasteiger partial charge on any atom is -0.445 e. The minimum atomic E-state index is -0.614. The number of unbranched alkanes of at least 4 members (excludes halogenated alkanes) is 2. The molecule has 0 radical (unpaired) electrons. The molecule has 0 aliphatic rings. The fraction of sp³-hybridized carbons (Fsp3) is 0.553. The summed E-state index contributed by atoms with van der Waals surface area (Å²) in [6.45, 7) is 11.8. The molecule has 0 aliphatic carbocycles. The Hall–Kier alpha value is -4.85. The normalized spacial score (nSPS) is 12.1. The Morgan fingerprint density at radius 1 is 0.635 bits per heavy atom. The standard InChI is InChI=1S/C19H30N2O5.C19H28N2O5/c2*1-19(2,3)26-18(24)21-16(13-22)11-7-8-12-20-17(23)25-14-15-9-5-4-6-10-15/h4-6,9-10,16,22H,7-8,11-14H2,1-3H3,(H,20,23)(H,21,24);4-6,9-10,13,16H,7-8,11-12,14H2,1-3H3,(H,20,23)(H,21,24). The number of aliphatic hydroxyl groups is 1. The first kappa shape index (κ1) is 45.2. The van der Waals surface area contributed by atoms with E-state index < -0.39 is 41.6 Å². The molecule has 14 heteroatoms. The Labute approximate surface area is 307 Å². The predicted octanol–water partition coefficient (Wildman–Crippen LogP) is 6.14. The molecule has 5 N–H and O–H groups in total. The van der Waals surface area contributed by atoms with Gasteiger partial charge in [0, 0.05) is 13.1 Å². The maximum Gasteiger partial charge on any atom is 0.408 e. The van der Waals surface area contributed by atoms with E-state index in [1.807, 2.05) is 60.7 Å². The quantitative estimate of drug-likeness (QED) is 0.0676. The first-order valence-electron chi connectivity index (χ1n) is 17.5. The van der Waals surface area contributed by atoms with Crippen LogP contribution in [0.4, 0.5) is 19.2 Å². The third-order valence-electron chi connectivity index (χ3n) is 6.69. The zero-order chi connectivity index (χ0) is 38.8. The van der Waals surface area contributed by atoms with Crippen LogP contribution >= 0.6 is 0 Å². The van der Waals surface area contributed by atoms with Gasteiger partial charge in [-0.3, -0.25) is 0 Å². The van der Waals surface area contributed by atoms with Crippen LogP contribution in [0.5, 0.6) is 0 Å². The van der Waals surface area contributed by atoms with E-state index in [9.17, 15) is 29.1 Å². The Bertz CT molecular complexity index is 1310. The third-order valence-corrected chi connectivity index (χ3v) is 6.69. The summed E-state index contributed by atoms with van der Waals surface area (Å²) in [5.74, 6) is 0. The van der Waals surface area contributed by atoms with Crippen molar-refractivity contribution in [2.75, 3.05) is 19.7 Å². The number of nitrogens with one attached hydrogen (secondary N) is 4. The van der Waals surface area contributed by atoms with E-state index in [4.69, 9.17) is 18.9 Å². The summed E-state index contributed by atoms with van der Waals surface area (Å²) in [6, 6.07) is 17.9. The van der Waals surface area contributed by atoms with Crippen LogP contribution in [0.1, 0.15) is 91.2 Å². The summed E-state index contributed by atoms with van der Waals surface area (Å²) in [4.78, 5) is 57.5. The highest BCUT2D eigenvalue weighted by molar-refractivity contribution is 5.73. The number of carbonyl (C=O) groups is 5. The lowest BCUT2D eigenvalue weighted by Gasteiger charge is -2.22. The Balaban J connectivity index is 0.000000520. The number of ether oxygens (including phenoxy) is 4. The molecule has 2 atom stereocenters. The van der Waals surface area contributed by atoms with Crippen molar-refractivity contribution in [3.63, 3.8) is 0 Å². The Morgan fingerprint density at radius 2 is 1.06 bits per heavy atom. The van der Waals surface area contributed by atoms with Crippen molar-refractivity contribution < 1.29 is 48.0 Å². The second-order valence-corrected chi connectivity index (χ2v) is 13.9. The van der Waals surface area contributed by atoms with Gasteiger partial charge < -0.3 is 50.1 Å². The number of rotatable bonds is 18. The second kappa shape index (κ2) is 25.2. The van der Waals surface area contributed by atoms with Gasteiger partial charge >= 0.3 is 24.4 Å². The molecule has 2 aromatic carbocycles. The summed E-state index contributed by atoms with van der Waals surface area (Å²) < 4.78 is 20.5. The van der Waals surface area contributed by atoms with E-state index in [1.54, 1.807) is 41.5 Å². The van der Waals surface area contributed by atoms with Crippen molar-refractivity contribution in [1.82, 2.24) is 21.3 Å². The van der Waals surface area contributed by atoms with Gasteiger partial charge in [-0.25, -0.2) is 19.2 Å². The van der Waals surface area contributed by atoms with E-state index in [0.717, 1.165) is 17.5 Å². The Morgan fingerprint density at radius 3 is 1.46 bits per heavy atom. The summed E-state index contributed by atoms with van der Waals surface area (Å²) in [5.41, 5.74) is 0.668. The molecule has 2 unspecified atom stereocenters. The van der Waals surface area contributed by atoms with Gasteiger partial charge in [-0.1, -0.05) is 60.7 Å². The maximum absolute atomic E-state index is 11.7. The van der Waals surface area contributed by atoms with Gasteiger partial charge in [0.15, 0.2) is 0 Å². The number of hydrogen-bond acceptors (Lipinski definition) is 10. The fourth-order valence-corrected chi connectivity index (χ4v) is 4.25. The van der Waals surface area contributed by atoms with E-state index >= 15 is 0 Å². The van der Waals surface area contributed by atoms with Crippen LogP contribution in [-0.2, 0) is 37.0 Å². The second-order valence-electron chi connectivity index (χ2n) is 13.9. The summed E-state index contributed by atoms with van der Waals surface area (Å²) >= 11 is 0. The molecule has 2 rings (SSSR count). The van der Waals surface area contributed by atoms with Crippen molar-refractivity contribution in [3.05, 3.63) is 71.8 Å². The molecule has 0 spiro atoms. The van der Waals surface area contributed by atoms with Crippen LogP contribution in [0.3, 0.4) is 0 Å². The van der Waals surface area contributed by atoms with Gasteiger partial charge in [0.1, 0.15) is 30.7 Å². The topological polar surface area (TPSA) is 191 Å². The lowest BCUT2D eigenvalue weighted by molar-refractivity contribution is -0.109. The van der Waals surface area contributed by atoms with Gasteiger partial charge in [-0.05, 0) is 91.2 Å². The molecule has 0 fully saturated rings. The van der Waals surface area contributed by atoms with Gasteiger partial charge in [0.2, 0.25) is 0 Å². The highest BCUT2D eigenvalue weighted by atomic mass is 16.6. The Kier molecular flexibility index (Phi) is 21.9. The van der Waals surface area contributed by atoms with Crippen molar-refractivity contribution in [3.8, 4) is 0 Å². The van der Waals surface area contributed by atoms with Crippen LogP contribution in [-0.4, -0.2) is 78.7 Å². The number of aliphatic hydroxyl groups excluding tert-OH is 1. The zero-order valence-electron chi connectivity index (χ0n) is 31.4. The number of carbonyl (C=O) groups excluding carboxylic acids is 5. The number of benzene rings is 2. The maximum atomic E-state index is 11.7. The minimum absolute atomic E-state index is 0.161. The van der Waals surface area contributed by atoms with E-state index in [1.165, 1.54) is 0 Å². The average Bonchev–Trinajstić information content (AvgIpc) is 3.08. The monoisotopic (exact) mass is 730 g/mol. The molecule has 4 amide bonds. The van der Waals surface area contributed by atoms with Gasteiger partial charge in [-0.15, -0.1) is 0 Å². The highest BCUT2D eigenvalue weighted by Gasteiger charge is 2.20. The molecule has 290 valence electrons. The number of aldehydes is 1. The number of alkyl carbamates (subject to hydrolysis) is 4. The van der Waals surface area contributed by atoms with Gasteiger partial charge in [-0.2, -0.15) is 0 Å². The third kappa shape index (κ3) is 25.2. The molecule has 14 nitrogen and oxygen atoms in total. The lowest BCUT2D eigenvalue weighted by Crippen LogP contribution is -2.41. The molecule has 0 aliphatic heterocycles. The first-order valence-corrected chi connectivity index (χ1v) is 17.5. The summed E-state index contributed by atoms with van der Waals surface area (Å²) in [5, 5.41) is 19.8. The van der Waals surface area contributed by atoms with Crippen LogP contribution in [0.25, 0.3) is 0 Å². The smallest absolute Gasteiger partial charge is 0.408 e. The summed E-state index contributed by atoms with van der Waals surface area (Å²) in [7, 11) is 0. The van der Waals surface area contributed by atoms with Crippen LogP contribution in [0, 0.1) is 0 Å². The molecule has 2 aromatic rings. The van der Waals surface area contributed by atoms with E-state index in [-0.39, 0.29) is 25.9 Å². The highest BCUT2D eigenvalue weighted by Crippen LogP contribution is 2.09. The van der Waals surface area contributed by atoms with Gasteiger partial charge in [0.25, 0.3) is 0 Å². The van der Waals surface area contributed by atoms with Crippen molar-refractivity contribution in [2.24, 2.45) is 0 Å². The first-order chi connectivity index (χ1) is 24.6. The molecule has 0 heterocycles. The van der Waals surface area contributed by atoms with Crippen molar-refractivity contribution in [2.45, 2.75) is 117 Å². The predicted molar refractivity (Wildman–Crippen MR) is 196 cm³/mol. The molecule has 0 aromatic heterocycles. The van der Waals surface area contributed by atoms with Crippen LogP contribution in [0.2, 0.25) is 0 Å². The van der Waals surface area contributed by atoms with E-state index in [2.05, 4.69) is 21.3 Å². The molecular formula is C38H58N4O10. The van der Waals surface area contributed by atoms with E-state index in [0.29, 0.717) is 51.5 Å². The largest absolute Gasteiger partial charge is 0.445 e. The number of amides is 4. The lowest BCUT2D eigenvalue weighted by atomic mass is 10.1. The zero-order valence-corrected chi connectivity index (χ0v) is 31.4. The average molecular weight is 731 g/mol. The van der Waals surface area contributed by atoms with Gasteiger partial charge in [0.05, 0.1) is 18.7 Å². The van der Waals surface area contributed by atoms with Crippen molar-refractivity contribution in [1.29, 1.82) is 0 Å². The van der Waals surface area contributed by atoms with Crippen molar-refractivity contribution >= 4 is 30.7 Å². The molecule has 0 saturated heterocycles. The SMILES string of the molecule is CC(C)(C)OC(=O)NC(C=O)CCCCNC(=O)OCc1ccccc1.CC(C)(C)OC(=O)NC(CO)CCCCNC(=O)OCc1ccccc1. The molecule has 0 saturated carbocycles. The molecule has 0 bridgehead atoms. The van der Waals surface area contributed by atoms with Crippen LogP contribution < -0.4 is 21.3 Å².